The molecule has 1 aliphatic carbocycles. The summed E-state index contributed by atoms with van der Waals surface area (Å²) in [6.07, 6.45) is 0.949. The summed E-state index contributed by atoms with van der Waals surface area (Å²) in [5.41, 5.74) is 0.930. The largest absolute Gasteiger partial charge is 0.460 e. The first kappa shape index (κ1) is 21.4. The van der Waals surface area contributed by atoms with Crippen LogP contribution in [0.15, 0.2) is 42.5 Å². The molecule has 0 bridgehead atoms. The van der Waals surface area contributed by atoms with Gasteiger partial charge in [-0.25, -0.2) is 9.37 Å². The van der Waals surface area contributed by atoms with Crippen molar-refractivity contribution in [2.45, 2.75) is 52.2 Å². The molecular weight excluding hydrogens is 415 g/mol. The average molecular weight is 441 g/mol. The third-order valence-electron chi connectivity index (χ3n) is 5.37. The molecule has 2 aromatic carbocycles. The van der Waals surface area contributed by atoms with Crippen LogP contribution in [0.1, 0.15) is 43.3 Å². The third-order valence-corrected chi connectivity index (χ3v) is 6.40. The van der Waals surface area contributed by atoms with Crippen molar-refractivity contribution in [1.82, 2.24) is 10.3 Å². The molecule has 7 heteroatoms. The second kappa shape index (κ2) is 8.04. The van der Waals surface area contributed by atoms with E-state index in [-0.39, 0.29) is 24.7 Å². The molecule has 0 unspecified atom stereocenters. The summed E-state index contributed by atoms with van der Waals surface area (Å²) in [6, 6.07) is 12.7. The van der Waals surface area contributed by atoms with Gasteiger partial charge in [-0.2, -0.15) is 0 Å². The lowest BCUT2D eigenvalue weighted by atomic mass is 9.80. The molecule has 0 saturated carbocycles. The molecule has 4 rings (SSSR count). The molecule has 0 saturated heterocycles. The van der Waals surface area contributed by atoms with Gasteiger partial charge < -0.3 is 10.1 Å². The van der Waals surface area contributed by atoms with E-state index < -0.39 is 17.0 Å². The normalized spacial score (nSPS) is 15.0. The molecule has 1 aliphatic rings. The molecular formula is C24H25FN2O3S. The fraction of sp³-hybridized carbons (Fsp3) is 0.375. The van der Waals surface area contributed by atoms with Crippen LogP contribution in [0.25, 0.3) is 10.2 Å². The number of para-hydroxylation sites is 1. The number of ether oxygens (including phenoxy) is 1. The fourth-order valence-corrected chi connectivity index (χ4v) is 5.02. The fourth-order valence-electron chi connectivity index (χ4n) is 4.09. The van der Waals surface area contributed by atoms with Gasteiger partial charge in [-0.15, -0.1) is 11.3 Å². The highest BCUT2D eigenvalue weighted by Gasteiger charge is 2.46. The number of nitrogens with zero attached hydrogens (tertiary/aromatic N) is 1. The maximum absolute atomic E-state index is 13.9. The lowest BCUT2D eigenvalue weighted by molar-refractivity contribution is -0.160. The first-order chi connectivity index (χ1) is 14.7. The van der Waals surface area contributed by atoms with Crippen LogP contribution in [0.5, 0.6) is 0 Å². The van der Waals surface area contributed by atoms with Crippen LogP contribution in [0.3, 0.4) is 0 Å². The molecule has 0 atom stereocenters. The molecule has 31 heavy (non-hydrogen) atoms. The lowest BCUT2D eigenvalue weighted by Gasteiger charge is -2.28. The van der Waals surface area contributed by atoms with E-state index in [4.69, 9.17) is 4.74 Å². The van der Waals surface area contributed by atoms with Gasteiger partial charge in [-0.1, -0.05) is 30.3 Å². The van der Waals surface area contributed by atoms with Crippen LogP contribution < -0.4 is 5.32 Å². The van der Waals surface area contributed by atoms with E-state index in [0.29, 0.717) is 23.4 Å². The number of aromatic nitrogens is 1. The molecule has 1 heterocycles. The standard InChI is InChI=1S/C24H25FN2O3S/c1-23(2,3)30-20(28)13-24(11-15-7-4-5-8-16(15)12-24)22(29)26-14-19-27-21-17(25)9-6-10-18(21)31-19/h4-10H,11-14H2,1-3H3,(H,26,29). The van der Waals surface area contributed by atoms with Crippen LogP contribution in [-0.2, 0) is 33.7 Å². The van der Waals surface area contributed by atoms with Crippen molar-refractivity contribution in [2.75, 3.05) is 0 Å². The van der Waals surface area contributed by atoms with E-state index in [1.807, 2.05) is 45.0 Å². The molecule has 3 aromatic rings. The molecule has 0 aliphatic heterocycles. The van der Waals surface area contributed by atoms with Crippen LogP contribution >= 0.6 is 11.3 Å². The number of nitrogens with one attached hydrogen (secondary N) is 1. The van der Waals surface area contributed by atoms with Crippen molar-refractivity contribution in [3.63, 3.8) is 0 Å². The topological polar surface area (TPSA) is 68.3 Å². The highest BCUT2D eigenvalue weighted by atomic mass is 32.1. The number of esters is 1. The molecule has 1 N–H and O–H groups in total. The predicted molar refractivity (Wildman–Crippen MR) is 118 cm³/mol. The number of fused-ring (bicyclic) bond motifs is 2. The van der Waals surface area contributed by atoms with Gasteiger partial charge in [-0.05, 0) is 56.9 Å². The van der Waals surface area contributed by atoms with E-state index in [9.17, 15) is 14.0 Å². The van der Waals surface area contributed by atoms with E-state index >= 15 is 0 Å². The van der Waals surface area contributed by atoms with Gasteiger partial charge in [0.15, 0.2) is 0 Å². The molecule has 0 spiro atoms. The zero-order valence-corrected chi connectivity index (χ0v) is 18.6. The molecule has 0 radical (unpaired) electrons. The number of rotatable bonds is 5. The van der Waals surface area contributed by atoms with E-state index in [2.05, 4.69) is 10.3 Å². The van der Waals surface area contributed by atoms with E-state index in [0.717, 1.165) is 15.8 Å². The second-order valence-corrected chi connectivity index (χ2v) is 10.2. The Hall–Kier alpha value is -2.80. The summed E-state index contributed by atoms with van der Waals surface area (Å²) in [7, 11) is 0. The Kier molecular flexibility index (Phi) is 5.56. The number of halogens is 1. The Morgan fingerprint density at radius 3 is 2.42 bits per heavy atom. The predicted octanol–water partition coefficient (Wildman–Crippen LogP) is 4.57. The molecule has 5 nitrogen and oxygen atoms in total. The maximum Gasteiger partial charge on any atom is 0.307 e. The van der Waals surface area contributed by atoms with Crippen molar-refractivity contribution in [3.05, 3.63) is 64.4 Å². The SMILES string of the molecule is CC(C)(C)OC(=O)CC1(C(=O)NCc2nc3c(F)cccc3s2)Cc2ccccc2C1. The van der Waals surface area contributed by atoms with Crippen LogP contribution in [0.4, 0.5) is 4.39 Å². The summed E-state index contributed by atoms with van der Waals surface area (Å²) >= 11 is 1.35. The number of carbonyl (C=O) groups excluding carboxylic acids is 2. The Labute approximate surface area is 184 Å². The Morgan fingerprint density at radius 1 is 1.13 bits per heavy atom. The van der Waals surface area contributed by atoms with E-state index in [1.54, 1.807) is 12.1 Å². The van der Waals surface area contributed by atoms with Gasteiger partial charge >= 0.3 is 5.97 Å². The smallest absolute Gasteiger partial charge is 0.307 e. The number of hydrogen-bond acceptors (Lipinski definition) is 5. The number of amides is 1. The summed E-state index contributed by atoms with van der Waals surface area (Å²) in [6.45, 7) is 5.62. The van der Waals surface area contributed by atoms with E-state index in [1.165, 1.54) is 17.4 Å². The first-order valence-corrected chi connectivity index (χ1v) is 11.1. The second-order valence-electron chi connectivity index (χ2n) is 9.04. The van der Waals surface area contributed by atoms with Gasteiger partial charge in [0.05, 0.1) is 23.1 Å². The Morgan fingerprint density at radius 2 is 1.81 bits per heavy atom. The lowest BCUT2D eigenvalue weighted by Crippen LogP contribution is -2.44. The van der Waals surface area contributed by atoms with Gasteiger partial charge in [0.1, 0.15) is 21.9 Å². The van der Waals surface area contributed by atoms with Crippen LogP contribution in [-0.4, -0.2) is 22.5 Å². The molecule has 162 valence electrons. The highest BCUT2D eigenvalue weighted by molar-refractivity contribution is 7.18. The van der Waals surface area contributed by atoms with Gasteiger partial charge in [0, 0.05) is 0 Å². The third kappa shape index (κ3) is 4.61. The average Bonchev–Trinajstić information content (AvgIpc) is 3.26. The monoisotopic (exact) mass is 440 g/mol. The minimum Gasteiger partial charge on any atom is -0.460 e. The zero-order chi connectivity index (χ0) is 22.2. The molecule has 0 fully saturated rings. The maximum atomic E-state index is 13.9. The van der Waals surface area contributed by atoms with Crippen molar-refractivity contribution >= 4 is 33.4 Å². The van der Waals surface area contributed by atoms with Gasteiger partial charge in [-0.3, -0.25) is 9.59 Å². The number of benzene rings is 2. The molecule has 1 amide bonds. The summed E-state index contributed by atoms with van der Waals surface area (Å²) < 4.78 is 20.2. The van der Waals surface area contributed by atoms with Crippen LogP contribution in [0, 0.1) is 11.2 Å². The minimum atomic E-state index is -0.909. The summed E-state index contributed by atoms with van der Waals surface area (Å²) in [5, 5.41) is 3.57. The Balaban J connectivity index is 1.54. The van der Waals surface area contributed by atoms with Crippen molar-refractivity contribution < 1.29 is 18.7 Å². The first-order valence-electron chi connectivity index (χ1n) is 10.3. The number of thiazole rings is 1. The molecule has 1 aromatic heterocycles. The number of carbonyl (C=O) groups is 2. The quantitative estimate of drug-likeness (QED) is 0.590. The highest BCUT2D eigenvalue weighted by Crippen LogP contribution is 2.41. The van der Waals surface area contributed by atoms with Crippen molar-refractivity contribution in [3.8, 4) is 0 Å². The van der Waals surface area contributed by atoms with Gasteiger partial charge in [0.25, 0.3) is 0 Å². The van der Waals surface area contributed by atoms with Crippen molar-refractivity contribution in [1.29, 1.82) is 0 Å². The summed E-state index contributed by atoms with van der Waals surface area (Å²) in [5.74, 6) is -0.981. The Bertz CT molecular complexity index is 1120. The zero-order valence-electron chi connectivity index (χ0n) is 17.8. The van der Waals surface area contributed by atoms with Crippen LogP contribution in [0.2, 0.25) is 0 Å². The minimum absolute atomic E-state index is 0.000738. The summed E-state index contributed by atoms with van der Waals surface area (Å²) in [4.78, 5) is 30.3. The number of hydrogen-bond donors (Lipinski definition) is 1. The van der Waals surface area contributed by atoms with Gasteiger partial charge in [0.2, 0.25) is 5.91 Å². The van der Waals surface area contributed by atoms with Crippen molar-refractivity contribution in [2.24, 2.45) is 5.41 Å².